The maximum absolute atomic E-state index is 12.2. The first-order chi connectivity index (χ1) is 11.6. The molecule has 0 aliphatic rings. The number of hydrogen-bond acceptors (Lipinski definition) is 4. The van der Waals surface area contributed by atoms with E-state index >= 15 is 0 Å². The number of rotatable bonds is 8. The van der Waals surface area contributed by atoms with Gasteiger partial charge in [0.1, 0.15) is 5.75 Å². The minimum Gasteiger partial charge on any atom is -0.493 e. The molecule has 0 spiro atoms. The third-order valence-corrected chi connectivity index (χ3v) is 3.56. The number of nitrogen functional groups attached to an aromatic ring is 1. The Morgan fingerprint density at radius 1 is 1.17 bits per heavy atom. The fraction of sp³-hybridized carbons (Fsp3) is 0.316. The second-order valence-electron chi connectivity index (χ2n) is 5.61. The summed E-state index contributed by atoms with van der Waals surface area (Å²) in [5.41, 5.74) is 8.88. The number of carbonyl (C=O) groups excluding carboxylic acids is 1. The van der Waals surface area contributed by atoms with Crippen LogP contribution in [0.2, 0.25) is 0 Å². The number of amides is 1. The predicted octanol–water partition coefficient (Wildman–Crippen LogP) is 2.92. The van der Waals surface area contributed by atoms with Gasteiger partial charge < -0.3 is 20.5 Å². The van der Waals surface area contributed by atoms with Crippen molar-refractivity contribution >= 4 is 11.6 Å². The van der Waals surface area contributed by atoms with Gasteiger partial charge in [0.15, 0.2) is 0 Å². The Hall–Kier alpha value is -2.53. The molecule has 128 valence electrons. The van der Waals surface area contributed by atoms with Crippen molar-refractivity contribution in [1.82, 2.24) is 5.32 Å². The first-order valence-corrected chi connectivity index (χ1v) is 7.95. The Labute approximate surface area is 142 Å². The van der Waals surface area contributed by atoms with Crippen LogP contribution in [0.3, 0.4) is 0 Å². The Morgan fingerprint density at radius 3 is 2.75 bits per heavy atom. The summed E-state index contributed by atoms with van der Waals surface area (Å²) in [5.74, 6) is 0.632. The van der Waals surface area contributed by atoms with Gasteiger partial charge in [-0.15, -0.1) is 0 Å². The lowest BCUT2D eigenvalue weighted by molar-refractivity contribution is 0.0950. The molecule has 0 heterocycles. The van der Waals surface area contributed by atoms with Crippen molar-refractivity contribution in [3.8, 4) is 5.75 Å². The van der Waals surface area contributed by atoms with Gasteiger partial charge in [0, 0.05) is 43.5 Å². The van der Waals surface area contributed by atoms with E-state index in [2.05, 4.69) is 5.32 Å². The van der Waals surface area contributed by atoms with Gasteiger partial charge in [0.25, 0.3) is 5.91 Å². The van der Waals surface area contributed by atoms with Crippen molar-refractivity contribution in [2.24, 2.45) is 0 Å². The zero-order chi connectivity index (χ0) is 17.4. The number of nitrogens with two attached hydrogens (primary N) is 1. The van der Waals surface area contributed by atoms with Crippen LogP contribution in [0.25, 0.3) is 0 Å². The summed E-state index contributed by atoms with van der Waals surface area (Å²) < 4.78 is 10.8. The van der Waals surface area contributed by atoms with Crippen molar-refractivity contribution in [2.75, 3.05) is 26.1 Å². The second-order valence-corrected chi connectivity index (χ2v) is 5.61. The number of methoxy groups -OCH3 is 1. The highest BCUT2D eigenvalue weighted by atomic mass is 16.5. The van der Waals surface area contributed by atoms with Gasteiger partial charge in [0.05, 0.1) is 6.61 Å². The van der Waals surface area contributed by atoms with Crippen LogP contribution < -0.4 is 15.8 Å². The summed E-state index contributed by atoms with van der Waals surface area (Å²) in [4.78, 5) is 12.2. The van der Waals surface area contributed by atoms with Gasteiger partial charge >= 0.3 is 0 Å². The van der Waals surface area contributed by atoms with Crippen LogP contribution in [0, 0.1) is 6.92 Å². The van der Waals surface area contributed by atoms with E-state index in [1.807, 2.05) is 25.1 Å². The molecule has 0 saturated heterocycles. The van der Waals surface area contributed by atoms with Gasteiger partial charge in [-0.2, -0.15) is 0 Å². The third-order valence-electron chi connectivity index (χ3n) is 3.56. The van der Waals surface area contributed by atoms with Crippen molar-refractivity contribution in [2.45, 2.75) is 19.9 Å². The van der Waals surface area contributed by atoms with Crippen LogP contribution in [0.15, 0.2) is 42.5 Å². The van der Waals surface area contributed by atoms with E-state index < -0.39 is 0 Å². The highest BCUT2D eigenvalue weighted by molar-refractivity contribution is 5.94. The second kappa shape index (κ2) is 8.93. The molecule has 0 atom stereocenters. The van der Waals surface area contributed by atoms with Crippen LogP contribution in [-0.4, -0.2) is 26.2 Å². The molecule has 0 aromatic heterocycles. The van der Waals surface area contributed by atoms with E-state index in [-0.39, 0.29) is 5.91 Å². The Morgan fingerprint density at radius 2 is 2.00 bits per heavy atom. The first kappa shape index (κ1) is 17.8. The molecular formula is C19H24N2O3. The fourth-order valence-corrected chi connectivity index (χ4v) is 2.29. The van der Waals surface area contributed by atoms with Crippen LogP contribution in [0.1, 0.15) is 27.9 Å². The lowest BCUT2D eigenvalue weighted by Crippen LogP contribution is -2.23. The SMILES string of the molecule is COCCCOc1cc(C)ccc1CNC(=O)c1cccc(N)c1. The molecular weight excluding hydrogens is 304 g/mol. The zero-order valence-corrected chi connectivity index (χ0v) is 14.2. The van der Waals surface area contributed by atoms with E-state index in [0.29, 0.717) is 31.0 Å². The van der Waals surface area contributed by atoms with E-state index in [4.69, 9.17) is 15.2 Å². The van der Waals surface area contributed by atoms with Crippen LogP contribution in [0.4, 0.5) is 5.69 Å². The fourth-order valence-electron chi connectivity index (χ4n) is 2.29. The maximum atomic E-state index is 12.2. The molecule has 0 unspecified atom stereocenters. The molecule has 5 heteroatoms. The maximum Gasteiger partial charge on any atom is 0.251 e. The summed E-state index contributed by atoms with van der Waals surface area (Å²) in [6, 6.07) is 12.9. The highest BCUT2D eigenvalue weighted by Crippen LogP contribution is 2.21. The molecule has 0 saturated carbocycles. The number of anilines is 1. The molecule has 2 rings (SSSR count). The minimum atomic E-state index is -0.159. The van der Waals surface area contributed by atoms with E-state index in [1.54, 1.807) is 31.4 Å². The summed E-state index contributed by atoms with van der Waals surface area (Å²) in [6.45, 7) is 3.64. The molecule has 24 heavy (non-hydrogen) atoms. The molecule has 0 bridgehead atoms. The topological polar surface area (TPSA) is 73.6 Å². The number of aryl methyl sites for hydroxylation is 1. The zero-order valence-electron chi connectivity index (χ0n) is 14.2. The number of hydrogen-bond donors (Lipinski definition) is 2. The van der Waals surface area contributed by atoms with Crippen molar-refractivity contribution in [3.63, 3.8) is 0 Å². The summed E-state index contributed by atoms with van der Waals surface area (Å²) >= 11 is 0. The molecule has 2 aromatic rings. The quantitative estimate of drug-likeness (QED) is 0.577. The van der Waals surface area contributed by atoms with Gasteiger partial charge in [-0.25, -0.2) is 0 Å². The molecule has 0 aliphatic heterocycles. The number of ether oxygens (including phenoxy) is 2. The van der Waals surface area contributed by atoms with Crippen LogP contribution in [0.5, 0.6) is 5.75 Å². The van der Waals surface area contributed by atoms with Gasteiger partial charge in [-0.3, -0.25) is 4.79 Å². The summed E-state index contributed by atoms with van der Waals surface area (Å²) in [6.07, 6.45) is 0.819. The Balaban J connectivity index is 1.99. The predicted molar refractivity (Wildman–Crippen MR) is 95.2 cm³/mol. The molecule has 0 fully saturated rings. The first-order valence-electron chi connectivity index (χ1n) is 7.95. The van der Waals surface area contributed by atoms with Gasteiger partial charge in [-0.05, 0) is 36.8 Å². The minimum absolute atomic E-state index is 0.159. The number of carbonyl (C=O) groups is 1. The average Bonchev–Trinajstić information content (AvgIpc) is 2.57. The highest BCUT2D eigenvalue weighted by Gasteiger charge is 2.09. The lowest BCUT2D eigenvalue weighted by Gasteiger charge is -2.13. The smallest absolute Gasteiger partial charge is 0.251 e. The molecule has 2 aromatic carbocycles. The largest absolute Gasteiger partial charge is 0.493 e. The summed E-state index contributed by atoms with van der Waals surface area (Å²) in [5, 5.41) is 2.90. The number of nitrogens with one attached hydrogen (secondary N) is 1. The molecule has 0 radical (unpaired) electrons. The van der Waals surface area contributed by atoms with E-state index in [0.717, 1.165) is 23.3 Å². The standard InChI is InChI=1S/C19H24N2O3/c1-14-7-8-16(18(11-14)24-10-4-9-23-2)13-21-19(22)15-5-3-6-17(20)12-15/h3,5-8,11-12H,4,9-10,13,20H2,1-2H3,(H,21,22). The normalized spacial score (nSPS) is 10.4. The molecule has 1 amide bonds. The lowest BCUT2D eigenvalue weighted by atomic mass is 10.1. The Bertz CT molecular complexity index is 686. The molecule has 0 aliphatic carbocycles. The average molecular weight is 328 g/mol. The number of benzene rings is 2. The summed E-state index contributed by atoms with van der Waals surface area (Å²) in [7, 11) is 1.67. The van der Waals surface area contributed by atoms with Gasteiger partial charge in [-0.1, -0.05) is 18.2 Å². The van der Waals surface area contributed by atoms with Crippen molar-refractivity contribution < 1.29 is 14.3 Å². The van der Waals surface area contributed by atoms with Gasteiger partial charge in [0.2, 0.25) is 0 Å². The van der Waals surface area contributed by atoms with E-state index in [1.165, 1.54) is 0 Å². The molecule has 3 N–H and O–H groups in total. The van der Waals surface area contributed by atoms with E-state index in [9.17, 15) is 4.79 Å². The van der Waals surface area contributed by atoms with Crippen molar-refractivity contribution in [3.05, 3.63) is 59.2 Å². The third kappa shape index (κ3) is 5.28. The Kier molecular flexibility index (Phi) is 6.63. The van der Waals surface area contributed by atoms with Crippen LogP contribution in [-0.2, 0) is 11.3 Å². The monoisotopic (exact) mass is 328 g/mol. The van der Waals surface area contributed by atoms with Crippen molar-refractivity contribution in [1.29, 1.82) is 0 Å². The molecule has 5 nitrogen and oxygen atoms in total. The van der Waals surface area contributed by atoms with Crippen LogP contribution >= 0.6 is 0 Å².